The molecule has 0 spiro atoms. The van der Waals surface area contributed by atoms with E-state index in [1.54, 1.807) is 13.1 Å². The molecule has 1 aromatic carbocycles. The van der Waals surface area contributed by atoms with E-state index in [2.05, 4.69) is 10.6 Å². The number of nitrogens with one attached hydrogen (secondary N) is 2. The standard InChI is InChI=1S/C10H14N2O3/c1-11-5-10(15)7-2-3-9(14)8(4-7)12-6-13/h2-4,6,10-11,14-15H,5H2,1H3,(H,12,13)/t10-/m0/s1. The monoisotopic (exact) mass is 210 g/mol. The Morgan fingerprint density at radius 3 is 2.87 bits per heavy atom. The fraction of sp³-hybridized carbons (Fsp3) is 0.300. The number of anilines is 1. The van der Waals surface area contributed by atoms with Crippen LogP contribution in [0.4, 0.5) is 5.69 Å². The summed E-state index contributed by atoms with van der Waals surface area (Å²) in [6.07, 6.45) is -0.189. The first-order valence-electron chi connectivity index (χ1n) is 4.54. The number of hydrogen-bond acceptors (Lipinski definition) is 4. The lowest BCUT2D eigenvalue weighted by molar-refractivity contribution is -0.105. The fourth-order valence-corrected chi connectivity index (χ4v) is 1.25. The molecule has 0 aliphatic rings. The van der Waals surface area contributed by atoms with Gasteiger partial charge in [-0.2, -0.15) is 0 Å². The van der Waals surface area contributed by atoms with E-state index in [0.717, 1.165) is 0 Å². The van der Waals surface area contributed by atoms with Crippen molar-refractivity contribution in [1.29, 1.82) is 0 Å². The molecule has 1 aromatic rings. The van der Waals surface area contributed by atoms with Crippen molar-refractivity contribution in [2.45, 2.75) is 6.10 Å². The van der Waals surface area contributed by atoms with Crippen molar-refractivity contribution >= 4 is 12.1 Å². The van der Waals surface area contributed by atoms with Gasteiger partial charge in [0, 0.05) is 6.54 Å². The molecule has 4 N–H and O–H groups in total. The van der Waals surface area contributed by atoms with Crippen LogP contribution in [0.5, 0.6) is 5.75 Å². The minimum Gasteiger partial charge on any atom is -0.506 e. The number of amides is 1. The molecule has 0 saturated heterocycles. The second kappa shape index (κ2) is 5.33. The summed E-state index contributed by atoms with van der Waals surface area (Å²) in [5.41, 5.74) is 0.921. The first kappa shape index (κ1) is 11.5. The van der Waals surface area contributed by atoms with Crippen molar-refractivity contribution in [2.24, 2.45) is 0 Å². The van der Waals surface area contributed by atoms with Crippen molar-refractivity contribution in [1.82, 2.24) is 5.32 Å². The van der Waals surface area contributed by atoms with Gasteiger partial charge in [-0.25, -0.2) is 0 Å². The van der Waals surface area contributed by atoms with Crippen molar-refractivity contribution in [3.63, 3.8) is 0 Å². The summed E-state index contributed by atoms with van der Waals surface area (Å²) < 4.78 is 0. The maximum Gasteiger partial charge on any atom is 0.211 e. The topological polar surface area (TPSA) is 81.6 Å². The normalized spacial score (nSPS) is 12.1. The van der Waals surface area contributed by atoms with E-state index in [9.17, 15) is 15.0 Å². The highest BCUT2D eigenvalue weighted by Crippen LogP contribution is 2.26. The van der Waals surface area contributed by atoms with Crippen LogP contribution in [0, 0.1) is 0 Å². The third-order valence-corrected chi connectivity index (χ3v) is 2.02. The predicted octanol–water partition coefficient (Wildman–Crippen LogP) is 0.213. The minimum atomic E-state index is -0.664. The molecule has 0 bridgehead atoms. The van der Waals surface area contributed by atoms with Gasteiger partial charge in [0.1, 0.15) is 5.75 Å². The molecule has 0 heterocycles. The van der Waals surface area contributed by atoms with Crippen LogP contribution in [0.1, 0.15) is 11.7 Å². The van der Waals surface area contributed by atoms with Crippen LogP contribution < -0.4 is 10.6 Å². The lowest BCUT2D eigenvalue weighted by atomic mass is 10.1. The molecule has 15 heavy (non-hydrogen) atoms. The van der Waals surface area contributed by atoms with E-state index in [-0.39, 0.29) is 11.4 Å². The third kappa shape index (κ3) is 2.93. The maximum atomic E-state index is 10.2. The smallest absolute Gasteiger partial charge is 0.211 e. The molecule has 0 aliphatic heterocycles. The van der Waals surface area contributed by atoms with Crippen molar-refractivity contribution in [3.05, 3.63) is 23.8 Å². The van der Waals surface area contributed by atoms with E-state index in [1.807, 2.05) is 0 Å². The van der Waals surface area contributed by atoms with Crippen LogP contribution in [0.3, 0.4) is 0 Å². The number of carbonyl (C=O) groups is 1. The van der Waals surface area contributed by atoms with Crippen LogP contribution in [-0.4, -0.2) is 30.2 Å². The highest BCUT2D eigenvalue weighted by Gasteiger charge is 2.09. The average molecular weight is 210 g/mol. The number of carbonyl (C=O) groups excluding carboxylic acids is 1. The van der Waals surface area contributed by atoms with Gasteiger partial charge >= 0.3 is 0 Å². The Balaban J connectivity index is 2.90. The van der Waals surface area contributed by atoms with Crippen molar-refractivity contribution in [2.75, 3.05) is 18.9 Å². The Kier molecular flexibility index (Phi) is 4.08. The van der Waals surface area contributed by atoms with Gasteiger partial charge in [0.2, 0.25) is 6.41 Å². The Morgan fingerprint density at radius 1 is 1.53 bits per heavy atom. The Morgan fingerprint density at radius 2 is 2.27 bits per heavy atom. The molecule has 5 heteroatoms. The molecular formula is C10H14N2O3. The number of phenols is 1. The quantitative estimate of drug-likeness (QED) is 0.414. The molecule has 1 atom stereocenters. The zero-order valence-corrected chi connectivity index (χ0v) is 8.40. The highest BCUT2D eigenvalue weighted by molar-refractivity contribution is 5.75. The zero-order valence-electron chi connectivity index (χ0n) is 8.40. The number of phenolic OH excluding ortho intramolecular Hbond substituents is 1. The summed E-state index contributed by atoms with van der Waals surface area (Å²) in [6.45, 7) is 0.408. The van der Waals surface area contributed by atoms with Gasteiger partial charge in [0.15, 0.2) is 0 Å². The molecule has 5 nitrogen and oxygen atoms in total. The second-order valence-electron chi connectivity index (χ2n) is 3.11. The van der Waals surface area contributed by atoms with Gasteiger partial charge < -0.3 is 20.8 Å². The fourth-order valence-electron chi connectivity index (χ4n) is 1.25. The van der Waals surface area contributed by atoms with Crippen LogP contribution in [0.25, 0.3) is 0 Å². The highest BCUT2D eigenvalue weighted by atomic mass is 16.3. The maximum absolute atomic E-state index is 10.2. The number of hydrogen-bond donors (Lipinski definition) is 4. The molecule has 0 saturated carbocycles. The first-order valence-corrected chi connectivity index (χ1v) is 4.54. The molecule has 1 rings (SSSR count). The largest absolute Gasteiger partial charge is 0.506 e. The predicted molar refractivity (Wildman–Crippen MR) is 56.7 cm³/mol. The van der Waals surface area contributed by atoms with Crippen LogP contribution >= 0.6 is 0 Å². The van der Waals surface area contributed by atoms with Gasteiger partial charge in [-0.3, -0.25) is 4.79 Å². The first-order chi connectivity index (χ1) is 7.19. The summed E-state index contributed by atoms with van der Waals surface area (Å²) in [4.78, 5) is 10.2. The van der Waals surface area contributed by atoms with Crippen molar-refractivity contribution in [3.8, 4) is 5.75 Å². The second-order valence-corrected chi connectivity index (χ2v) is 3.11. The molecule has 82 valence electrons. The van der Waals surface area contributed by atoms with Crippen molar-refractivity contribution < 1.29 is 15.0 Å². The van der Waals surface area contributed by atoms with Gasteiger partial charge in [0.25, 0.3) is 0 Å². The summed E-state index contributed by atoms with van der Waals surface area (Å²) in [6, 6.07) is 4.57. The zero-order chi connectivity index (χ0) is 11.3. The number of benzene rings is 1. The van der Waals surface area contributed by atoms with Crippen LogP contribution in [0.15, 0.2) is 18.2 Å². The number of aliphatic hydroxyl groups excluding tert-OH is 1. The van der Waals surface area contributed by atoms with E-state index < -0.39 is 6.10 Å². The summed E-state index contributed by atoms with van der Waals surface area (Å²) in [5.74, 6) is -0.0255. The molecule has 0 aromatic heterocycles. The Labute approximate surface area is 87.7 Å². The summed E-state index contributed by atoms with van der Waals surface area (Å²) >= 11 is 0. The molecule has 0 aliphatic carbocycles. The molecule has 0 fully saturated rings. The van der Waals surface area contributed by atoms with E-state index >= 15 is 0 Å². The Hall–Kier alpha value is -1.59. The average Bonchev–Trinajstić information content (AvgIpc) is 2.22. The number of likely N-dealkylation sites (N-methyl/N-ethyl adjacent to an activating group) is 1. The summed E-state index contributed by atoms with van der Waals surface area (Å²) in [7, 11) is 1.73. The van der Waals surface area contributed by atoms with Gasteiger partial charge in [-0.15, -0.1) is 0 Å². The molecule has 0 radical (unpaired) electrons. The van der Waals surface area contributed by atoms with Gasteiger partial charge in [-0.05, 0) is 24.7 Å². The molecular weight excluding hydrogens is 196 g/mol. The third-order valence-electron chi connectivity index (χ3n) is 2.02. The number of rotatable bonds is 5. The minimum absolute atomic E-state index is 0.0255. The molecule has 1 amide bonds. The van der Waals surface area contributed by atoms with E-state index in [1.165, 1.54) is 12.1 Å². The van der Waals surface area contributed by atoms with Gasteiger partial charge in [-0.1, -0.05) is 6.07 Å². The lowest BCUT2D eigenvalue weighted by Gasteiger charge is -2.12. The van der Waals surface area contributed by atoms with E-state index in [0.29, 0.717) is 18.5 Å². The number of aliphatic hydroxyl groups is 1. The number of aromatic hydroxyl groups is 1. The van der Waals surface area contributed by atoms with Crippen LogP contribution in [0.2, 0.25) is 0 Å². The van der Waals surface area contributed by atoms with Gasteiger partial charge in [0.05, 0.1) is 11.8 Å². The summed E-state index contributed by atoms with van der Waals surface area (Å²) in [5, 5.41) is 24.2. The molecule has 0 unspecified atom stereocenters. The lowest BCUT2D eigenvalue weighted by Crippen LogP contribution is -2.16. The Bertz CT molecular complexity index is 341. The van der Waals surface area contributed by atoms with Crippen LogP contribution in [-0.2, 0) is 4.79 Å². The SMILES string of the molecule is CNC[C@H](O)c1ccc(O)c(NC=O)c1. The van der Waals surface area contributed by atoms with E-state index in [4.69, 9.17) is 0 Å².